The van der Waals surface area contributed by atoms with Gasteiger partial charge in [0.2, 0.25) is 0 Å². The zero-order valence-electron chi connectivity index (χ0n) is 6.39. The van der Waals surface area contributed by atoms with Gasteiger partial charge in [0.05, 0.1) is 7.11 Å². The van der Waals surface area contributed by atoms with E-state index in [-0.39, 0.29) is 5.82 Å². The van der Waals surface area contributed by atoms with Crippen LogP contribution in [0.5, 0.6) is 5.75 Å². The minimum atomic E-state index is -0.363. The second-order valence-corrected chi connectivity index (χ2v) is 2.79. The molecular formula is C8H9FOS. The molecule has 0 unspecified atom stereocenters. The number of benzene rings is 1. The predicted octanol–water partition coefficient (Wildman–Crippen LogP) is 2.43. The highest BCUT2D eigenvalue weighted by atomic mass is 32.1. The molecule has 1 aromatic rings. The number of methoxy groups -OCH3 is 1. The highest BCUT2D eigenvalue weighted by Crippen LogP contribution is 2.24. The molecule has 1 nitrogen and oxygen atoms in total. The first kappa shape index (κ1) is 8.40. The van der Waals surface area contributed by atoms with Gasteiger partial charge in [-0.3, -0.25) is 0 Å². The van der Waals surface area contributed by atoms with Crippen LogP contribution in [0.15, 0.2) is 17.0 Å². The Morgan fingerprint density at radius 2 is 2.09 bits per heavy atom. The maximum Gasteiger partial charge on any atom is 0.166 e. The summed E-state index contributed by atoms with van der Waals surface area (Å²) < 4.78 is 17.8. The van der Waals surface area contributed by atoms with Gasteiger partial charge in [-0.2, -0.15) is 0 Å². The summed E-state index contributed by atoms with van der Waals surface area (Å²) in [6.07, 6.45) is 0. The molecule has 0 fully saturated rings. The maximum absolute atomic E-state index is 12.9. The van der Waals surface area contributed by atoms with Crippen molar-refractivity contribution in [3.8, 4) is 5.75 Å². The topological polar surface area (TPSA) is 9.23 Å². The lowest BCUT2D eigenvalue weighted by Crippen LogP contribution is -1.91. The Hall–Kier alpha value is -0.700. The van der Waals surface area contributed by atoms with E-state index in [1.165, 1.54) is 13.2 Å². The predicted molar refractivity (Wildman–Crippen MR) is 44.9 cm³/mol. The van der Waals surface area contributed by atoms with Gasteiger partial charge in [-0.1, -0.05) is 0 Å². The van der Waals surface area contributed by atoms with E-state index in [0.717, 1.165) is 5.56 Å². The molecule has 0 heterocycles. The first-order valence-electron chi connectivity index (χ1n) is 3.18. The van der Waals surface area contributed by atoms with Crippen LogP contribution in [0, 0.1) is 12.7 Å². The molecule has 11 heavy (non-hydrogen) atoms. The number of aryl methyl sites for hydroxylation is 1. The molecule has 0 radical (unpaired) electrons. The van der Waals surface area contributed by atoms with E-state index in [1.54, 1.807) is 13.0 Å². The normalized spacial score (nSPS) is 9.82. The Labute approximate surface area is 70.6 Å². The van der Waals surface area contributed by atoms with Crippen molar-refractivity contribution in [1.29, 1.82) is 0 Å². The van der Waals surface area contributed by atoms with Crippen molar-refractivity contribution in [1.82, 2.24) is 0 Å². The van der Waals surface area contributed by atoms with Crippen LogP contribution in [0.3, 0.4) is 0 Å². The lowest BCUT2D eigenvalue weighted by atomic mass is 10.2. The van der Waals surface area contributed by atoms with Crippen LogP contribution < -0.4 is 4.74 Å². The van der Waals surface area contributed by atoms with Gasteiger partial charge in [-0.15, -0.1) is 12.6 Å². The molecule has 0 atom stereocenters. The van der Waals surface area contributed by atoms with Gasteiger partial charge in [-0.05, 0) is 24.6 Å². The van der Waals surface area contributed by atoms with Crippen LogP contribution in [-0.2, 0) is 0 Å². The van der Waals surface area contributed by atoms with E-state index in [9.17, 15) is 4.39 Å². The minimum Gasteiger partial charge on any atom is -0.493 e. The lowest BCUT2D eigenvalue weighted by Gasteiger charge is -2.05. The Kier molecular flexibility index (Phi) is 2.39. The second-order valence-electron chi connectivity index (χ2n) is 2.28. The number of thiol groups is 1. The number of hydrogen-bond donors (Lipinski definition) is 1. The summed E-state index contributed by atoms with van der Waals surface area (Å²) in [6, 6.07) is 3.08. The van der Waals surface area contributed by atoms with E-state index >= 15 is 0 Å². The average Bonchev–Trinajstić information content (AvgIpc) is 1.85. The summed E-state index contributed by atoms with van der Waals surface area (Å²) in [5.74, 6) is -0.0692. The van der Waals surface area contributed by atoms with Crippen molar-refractivity contribution in [2.24, 2.45) is 0 Å². The zero-order valence-corrected chi connectivity index (χ0v) is 7.28. The summed E-state index contributed by atoms with van der Waals surface area (Å²) in [4.78, 5) is 0.612. The van der Waals surface area contributed by atoms with E-state index in [0.29, 0.717) is 10.6 Å². The third-order valence-corrected chi connectivity index (χ3v) is 1.68. The minimum absolute atomic E-state index is 0.294. The number of hydrogen-bond acceptors (Lipinski definition) is 2. The van der Waals surface area contributed by atoms with E-state index in [4.69, 9.17) is 4.74 Å². The third kappa shape index (κ3) is 1.66. The Bertz CT molecular complexity index is 250. The molecule has 0 spiro atoms. The molecule has 0 N–H and O–H groups in total. The summed E-state index contributed by atoms with van der Waals surface area (Å²) in [5, 5.41) is 0. The van der Waals surface area contributed by atoms with Crippen molar-refractivity contribution in [2.45, 2.75) is 11.8 Å². The number of rotatable bonds is 1. The van der Waals surface area contributed by atoms with Gasteiger partial charge in [-0.25, -0.2) is 4.39 Å². The fourth-order valence-electron chi connectivity index (χ4n) is 0.971. The smallest absolute Gasteiger partial charge is 0.166 e. The standard InChI is InChI=1S/C8H9FOS/c1-5-3-6(11)4-7(9)8(5)10-2/h3-4,11H,1-2H3. The van der Waals surface area contributed by atoms with Gasteiger partial charge in [0, 0.05) is 4.90 Å². The Balaban J connectivity index is 3.25. The Morgan fingerprint density at radius 1 is 1.45 bits per heavy atom. The van der Waals surface area contributed by atoms with Gasteiger partial charge in [0.15, 0.2) is 11.6 Å². The lowest BCUT2D eigenvalue weighted by molar-refractivity contribution is 0.382. The van der Waals surface area contributed by atoms with Crippen LogP contribution in [0.2, 0.25) is 0 Å². The largest absolute Gasteiger partial charge is 0.493 e. The van der Waals surface area contributed by atoms with Crippen molar-refractivity contribution in [3.05, 3.63) is 23.5 Å². The average molecular weight is 172 g/mol. The number of ether oxygens (including phenoxy) is 1. The van der Waals surface area contributed by atoms with Crippen molar-refractivity contribution < 1.29 is 9.13 Å². The van der Waals surface area contributed by atoms with Gasteiger partial charge < -0.3 is 4.74 Å². The zero-order chi connectivity index (χ0) is 8.43. The molecule has 0 amide bonds. The SMILES string of the molecule is COc1c(C)cc(S)cc1F. The highest BCUT2D eigenvalue weighted by molar-refractivity contribution is 7.80. The van der Waals surface area contributed by atoms with Crippen LogP contribution >= 0.6 is 12.6 Å². The van der Waals surface area contributed by atoms with Crippen LogP contribution in [-0.4, -0.2) is 7.11 Å². The fraction of sp³-hybridized carbons (Fsp3) is 0.250. The summed E-state index contributed by atoms with van der Waals surface area (Å²) >= 11 is 4.01. The molecule has 1 rings (SSSR count). The molecule has 0 aliphatic rings. The monoisotopic (exact) mass is 172 g/mol. The molecule has 0 saturated carbocycles. The van der Waals surface area contributed by atoms with Crippen molar-refractivity contribution >= 4 is 12.6 Å². The van der Waals surface area contributed by atoms with E-state index in [2.05, 4.69) is 12.6 Å². The van der Waals surface area contributed by atoms with Crippen molar-refractivity contribution in [3.63, 3.8) is 0 Å². The summed E-state index contributed by atoms with van der Waals surface area (Å²) in [5.41, 5.74) is 0.762. The van der Waals surface area contributed by atoms with E-state index < -0.39 is 0 Å². The quantitative estimate of drug-likeness (QED) is 0.640. The first-order chi connectivity index (χ1) is 5.15. The molecule has 3 heteroatoms. The first-order valence-corrected chi connectivity index (χ1v) is 3.63. The van der Waals surface area contributed by atoms with Gasteiger partial charge >= 0.3 is 0 Å². The fourth-order valence-corrected chi connectivity index (χ4v) is 1.28. The van der Waals surface area contributed by atoms with E-state index in [1.807, 2.05) is 0 Å². The van der Waals surface area contributed by atoms with Gasteiger partial charge in [0.1, 0.15) is 0 Å². The molecule has 0 aliphatic carbocycles. The molecule has 60 valence electrons. The highest BCUT2D eigenvalue weighted by Gasteiger charge is 2.05. The second kappa shape index (κ2) is 3.13. The molecule has 0 aliphatic heterocycles. The van der Waals surface area contributed by atoms with Crippen molar-refractivity contribution in [2.75, 3.05) is 7.11 Å². The van der Waals surface area contributed by atoms with Crippen LogP contribution in [0.1, 0.15) is 5.56 Å². The summed E-state index contributed by atoms with van der Waals surface area (Å²) in [6.45, 7) is 1.78. The molecule has 1 aromatic carbocycles. The number of halogens is 1. The van der Waals surface area contributed by atoms with Crippen LogP contribution in [0.4, 0.5) is 4.39 Å². The molecule has 0 bridgehead atoms. The molecule has 0 saturated heterocycles. The maximum atomic E-state index is 12.9. The van der Waals surface area contributed by atoms with Crippen LogP contribution in [0.25, 0.3) is 0 Å². The molecular weight excluding hydrogens is 163 g/mol. The summed E-state index contributed by atoms with van der Waals surface area (Å²) in [7, 11) is 1.45. The van der Waals surface area contributed by atoms with Gasteiger partial charge in [0.25, 0.3) is 0 Å². The Morgan fingerprint density at radius 3 is 2.55 bits per heavy atom. The molecule has 0 aromatic heterocycles. The third-order valence-electron chi connectivity index (χ3n) is 1.42.